The van der Waals surface area contributed by atoms with Crippen LogP contribution in [0.1, 0.15) is 30.4 Å². The summed E-state index contributed by atoms with van der Waals surface area (Å²) >= 11 is 0. The van der Waals surface area contributed by atoms with E-state index in [1.807, 2.05) is 0 Å². The molecule has 0 radical (unpaired) electrons. The molecular weight excluding hydrogens is 366 g/mol. The monoisotopic (exact) mass is 385 g/mol. The van der Waals surface area contributed by atoms with E-state index in [-0.39, 0.29) is 22.2 Å². The van der Waals surface area contributed by atoms with Gasteiger partial charge in [0.15, 0.2) is 15.5 Å². The van der Waals surface area contributed by atoms with Crippen LogP contribution in [-0.4, -0.2) is 30.4 Å². The summed E-state index contributed by atoms with van der Waals surface area (Å²) < 4.78 is 24.7. The molecule has 0 aliphatic rings. The van der Waals surface area contributed by atoms with Crippen molar-refractivity contribution in [2.24, 2.45) is 0 Å². The van der Waals surface area contributed by atoms with Gasteiger partial charge in [0.05, 0.1) is 16.3 Å². The van der Waals surface area contributed by atoms with Crippen molar-refractivity contribution in [3.63, 3.8) is 0 Å². The number of benzene rings is 2. The van der Waals surface area contributed by atoms with Crippen molar-refractivity contribution >= 4 is 32.2 Å². The van der Waals surface area contributed by atoms with Crippen LogP contribution in [0.15, 0.2) is 58.2 Å². The van der Waals surface area contributed by atoms with E-state index in [2.05, 4.69) is 10.4 Å². The van der Waals surface area contributed by atoms with Crippen LogP contribution in [0.5, 0.6) is 0 Å². The number of nitrogens with zero attached hydrogens (tertiary/aromatic N) is 2. The highest BCUT2D eigenvalue weighted by Crippen LogP contribution is 2.19. The zero-order valence-electron chi connectivity index (χ0n) is 15.1. The van der Waals surface area contributed by atoms with Crippen LogP contribution in [0, 0.1) is 0 Å². The van der Waals surface area contributed by atoms with E-state index in [4.69, 9.17) is 0 Å². The van der Waals surface area contributed by atoms with Gasteiger partial charge in [0.2, 0.25) is 0 Å². The van der Waals surface area contributed by atoms with Gasteiger partial charge in [0, 0.05) is 17.3 Å². The van der Waals surface area contributed by atoms with Crippen molar-refractivity contribution in [3.8, 4) is 0 Å². The summed E-state index contributed by atoms with van der Waals surface area (Å²) in [5.74, 6) is -0.522. The minimum atomic E-state index is -3.40. The molecule has 0 aliphatic carbocycles. The third-order valence-corrected chi connectivity index (χ3v) is 5.16. The van der Waals surface area contributed by atoms with Crippen molar-refractivity contribution in [3.05, 3.63) is 64.6 Å². The van der Waals surface area contributed by atoms with Gasteiger partial charge in [0.25, 0.3) is 11.5 Å². The minimum Gasteiger partial charge on any atom is -0.321 e. The summed E-state index contributed by atoms with van der Waals surface area (Å²) in [6.07, 6.45) is 1.10. The average molecular weight is 385 g/mol. The van der Waals surface area contributed by atoms with Gasteiger partial charge in [-0.1, -0.05) is 24.3 Å². The first-order valence-corrected chi connectivity index (χ1v) is 10.2. The summed E-state index contributed by atoms with van der Waals surface area (Å²) in [5, 5.41) is 7.75. The zero-order chi connectivity index (χ0) is 19.8. The highest BCUT2D eigenvalue weighted by atomic mass is 32.2. The number of nitrogens with one attached hydrogen (secondary N) is 1. The average Bonchev–Trinajstić information content (AvgIpc) is 2.61. The van der Waals surface area contributed by atoms with Crippen LogP contribution in [-0.2, 0) is 9.84 Å². The topological polar surface area (TPSA) is 98.1 Å². The van der Waals surface area contributed by atoms with Gasteiger partial charge in [0.1, 0.15) is 0 Å². The van der Waals surface area contributed by atoms with Crippen molar-refractivity contribution in [2.45, 2.75) is 24.8 Å². The molecule has 140 valence electrons. The molecule has 0 bridgehead atoms. The lowest BCUT2D eigenvalue weighted by molar-refractivity contribution is 0.102. The van der Waals surface area contributed by atoms with Gasteiger partial charge >= 0.3 is 0 Å². The summed E-state index contributed by atoms with van der Waals surface area (Å²) in [4.78, 5) is 25.5. The Morgan fingerprint density at radius 3 is 2.37 bits per heavy atom. The number of anilines is 1. The number of carbonyl (C=O) groups is 1. The first kappa shape index (κ1) is 18.8. The van der Waals surface area contributed by atoms with Crippen LogP contribution in [0.25, 0.3) is 10.8 Å². The molecule has 0 unspecified atom stereocenters. The molecule has 8 heteroatoms. The SMILES string of the molecule is CC(C)n1nc(C(=O)Nc2cccc(S(C)(=O)=O)c2)c2ccccc2c1=O. The fourth-order valence-corrected chi connectivity index (χ4v) is 3.39. The second kappa shape index (κ2) is 6.96. The van der Waals surface area contributed by atoms with Crippen LogP contribution < -0.4 is 10.9 Å². The maximum Gasteiger partial charge on any atom is 0.276 e. The number of aromatic nitrogens is 2. The predicted octanol–water partition coefficient (Wildman–Crippen LogP) is 2.63. The van der Waals surface area contributed by atoms with E-state index in [0.717, 1.165) is 6.26 Å². The molecule has 7 nitrogen and oxygen atoms in total. The summed E-state index contributed by atoms with van der Waals surface area (Å²) in [7, 11) is -3.40. The molecular formula is C19H19N3O4S. The smallest absolute Gasteiger partial charge is 0.276 e. The Hall–Kier alpha value is -3.00. The number of hydrogen-bond donors (Lipinski definition) is 1. The normalized spacial score (nSPS) is 11.7. The molecule has 1 aromatic heterocycles. The second-order valence-corrected chi connectivity index (χ2v) is 8.51. The molecule has 0 spiro atoms. The molecule has 0 saturated heterocycles. The molecule has 0 atom stereocenters. The number of sulfone groups is 1. The van der Waals surface area contributed by atoms with Gasteiger partial charge in [-0.15, -0.1) is 0 Å². The largest absolute Gasteiger partial charge is 0.321 e. The van der Waals surface area contributed by atoms with Crippen LogP contribution in [0.2, 0.25) is 0 Å². The van der Waals surface area contributed by atoms with E-state index in [1.165, 1.54) is 16.8 Å². The Balaban J connectivity index is 2.09. The molecule has 1 heterocycles. The zero-order valence-corrected chi connectivity index (χ0v) is 15.9. The molecule has 1 N–H and O–H groups in total. The van der Waals surface area contributed by atoms with E-state index in [9.17, 15) is 18.0 Å². The van der Waals surface area contributed by atoms with E-state index >= 15 is 0 Å². The van der Waals surface area contributed by atoms with Gasteiger partial charge < -0.3 is 5.32 Å². The fraction of sp³-hybridized carbons (Fsp3) is 0.211. The van der Waals surface area contributed by atoms with Crippen LogP contribution in [0.3, 0.4) is 0 Å². The maximum atomic E-state index is 12.8. The van der Waals surface area contributed by atoms with Crippen LogP contribution >= 0.6 is 0 Å². The minimum absolute atomic E-state index is 0.101. The number of carbonyl (C=O) groups excluding carboxylic acids is 1. The van der Waals surface area contributed by atoms with Crippen LogP contribution in [0.4, 0.5) is 5.69 Å². The fourth-order valence-electron chi connectivity index (χ4n) is 2.72. The Morgan fingerprint density at radius 2 is 1.74 bits per heavy atom. The Bertz CT molecular complexity index is 1200. The van der Waals surface area contributed by atoms with Crippen molar-refractivity contribution in [2.75, 3.05) is 11.6 Å². The molecule has 0 saturated carbocycles. The summed E-state index contributed by atoms with van der Waals surface area (Å²) in [6.45, 7) is 3.61. The Morgan fingerprint density at radius 1 is 1.07 bits per heavy atom. The summed E-state index contributed by atoms with van der Waals surface area (Å²) in [5.41, 5.74) is 0.163. The number of rotatable bonds is 4. The molecule has 27 heavy (non-hydrogen) atoms. The number of fused-ring (bicyclic) bond motifs is 1. The standard InChI is InChI=1S/C19H19N3O4S/c1-12(2)22-19(24)16-10-5-4-9-15(16)17(21-22)18(23)20-13-7-6-8-14(11-13)27(3,25)26/h4-12H,1-3H3,(H,20,23). The highest BCUT2D eigenvalue weighted by molar-refractivity contribution is 7.90. The number of hydrogen-bond acceptors (Lipinski definition) is 5. The third-order valence-electron chi connectivity index (χ3n) is 4.05. The van der Waals surface area contributed by atoms with Crippen molar-refractivity contribution in [1.29, 1.82) is 0 Å². The number of amides is 1. The molecule has 1 amide bonds. The quantitative estimate of drug-likeness (QED) is 0.744. The lowest BCUT2D eigenvalue weighted by Crippen LogP contribution is -2.28. The molecule has 0 fully saturated rings. The first-order chi connectivity index (χ1) is 12.7. The Kier molecular flexibility index (Phi) is 4.84. The predicted molar refractivity (Wildman–Crippen MR) is 104 cm³/mol. The van der Waals surface area contributed by atoms with Gasteiger partial charge in [-0.2, -0.15) is 5.10 Å². The van der Waals surface area contributed by atoms with E-state index in [1.54, 1.807) is 50.2 Å². The lowest BCUT2D eigenvalue weighted by atomic mass is 10.1. The second-order valence-electron chi connectivity index (χ2n) is 6.49. The van der Waals surface area contributed by atoms with E-state index < -0.39 is 15.7 Å². The van der Waals surface area contributed by atoms with Gasteiger partial charge in [-0.3, -0.25) is 9.59 Å². The third kappa shape index (κ3) is 3.75. The van der Waals surface area contributed by atoms with Crippen molar-refractivity contribution < 1.29 is 13.2 Å². The molecule has 3 rings (SSSR count). The van der Waals surface area contributed by atoms with Crippen molar-refractivity contribution in [1.82, 2.24) is 9.78 Å². The van der Waals surface area contributed by atoms with E-state index in [0.29, 0.717) is 16.5 Å². The molecule has 2 aromatic carbocycles. The lowest BCUT2D eigenvalue weighted by Gasteiger charge is -2.13. The summed E-state index contributed by atoms with van der Waals surface area (Å²) in [6, 6.07) is 12.5. The van der Waals surface area contributed by atoms with Gasteiger partial charge in [-0.25, -0.2) is 13.1 Å². The Labute approximate surface area is 156 Å². The molecule has 0 aliphatic heterocycles. The first-order valence-electron chi connectivity index (χ1n) is 8.31. The maximum absolute atomic E-state index is 12.8. The highest BCUT2D eigenvalue weighted by Gasteiger charge is 2.18. The molecule has 3 aromatic rings. The van der Waals surface area contributed by atoms with Gasteiger partial charge in [-0.05, 0) is 38.1 Å².